The molecule has 2 rings (SSSR count). The number of nitrogens with one attached hydrogen (secondary N) is 1. The Labute approximate surface area is 121 Å². The standard InChI is InChI=1S/C13H16FN3O2S/c1-19-13(18)16-9-4-5-17(7-9)11-3-2-8(12(15)20)6-10(11)14/h2-3,6,9H,4-5,7H2,1H3,(H2,15,20)(H,16,18). The maximum absolute atomic E-state index is 14.0. The number of benzene rings is 1. The molecule has 1 aliphatic heterocycles. The van der Waals surface area contributed by atoms with Gasteiger partial charge in [-0.15, -0.1) is 0 Å². The predicted molar refractivity (Wildman–Crippen MR) is 78.4 cm³/mol. The zero-order valence-corrected chi connectivity index (χ0v) is 11.9. The number of thiocarbonyl (C=S) groups is 1. The van der Waals surface area contributed by atoms with Crippen LogP contribution in [0.25, 0.3) is 0 Å². The summed E-state index contributed by atoms with van der Waals surface area (Å²) in [5.41, 5.74) is 6.46. The van der Waals surface area contributed by atoms with Gasteiger partial charge in [0.1, 0.15) is 10.8 Å². The minimum absolute atomic E-state index is 0.0443. The van der Waals surface area contributed by atoms with E-state index in [2.05, 4.69) is 10.1 Å². The van der Waals surface area contributed by atoms with E-state index in [9.17, 15) is 9.18 Å². The van der Waals surface area contributed by atoms with Gasteiger partial charge in [-0.3, -0.25) is 0 Å². The van der Waals surface area contributed by atoms with Gasteiger partial charge in [-0.2, -0.15) is 0 Å². The molecule has 108 valence electrons. The fourth-order valence-corrected chi connectivity index (χ4v) is 2.37. The Morgan fingerprint density at radius 3 is 2.95 bits per heavy atom. The smallest absolute Gasteiger partial charge is 0.407 e. The summed E-state index contributed by atoms with van der Waals surface area (Å²) in [6, 6.07) is 4.64. The Hall–Kier alpha value is -1.89. The molecule has 5 nitrogen and oxygen atoms in total. The number of hydrogen-bond donors (Lipinski definition) is 2. The summed E-state index contributed by atoms with van der Waals surface area (Å²) in [4.78, 5) is 13.2. The number of methoxy groups -OCH3 is 1. The van der Waals surface area contributed by atoms with Crippen LogP contribution in [-0.2, 0) is 4.74 Å². The van der Waals surface area contributed by atoms with Crippen molar-refractivity contribution in [2.45, 2.75) is 12.5 Å². The SMILES string of the molecule is COC(=O)NC1CCN(c2ccc(C(N)=S)cc2F)C1. The van der Waals surface area contributed by atoms with Gasteiger partial charge in [0.25, 0.3) is 0 Å². The second kappa shape index (κ2) is 6.04. The molecule has 0 spiro atoms. The lowest BCUT2D eigenvalue weighted by Crippen LogP contribution is -2.37. The summed E-state index contributed by atoms with van der Waals surface area (Å²) < 4.78 is 18.6. The second-order valence-electron chi connectivity index (χ2n) is 4.60. The fourth-order valence-electron chi connectivity index (χ4n) is 2.24. The second-order valence-corrected chi connectivity index (χ2v) is 5.04. The molecule has 0 aliphatic carbocycles. The molecule has 1 amide bonds. The van der Waals surface area contributed by atoms with Crippen LogP contribution in [-0.4, -0.2) is 37.3 Å². The largest absolute Gasteiger partial charge is 0.453 e. The first-order chi connectivity index (χ1) is 9.51. The molecule has 0 bridgehead atoms. The van der Waals surface area contributed by atoms with Gasteiger partial charge in [0.2, 0.25) is 0 Å². The van der Waals surface area contributed by atoms with Crippen molar-refractivity contribution in [1.82, 2.24) is 5.32 Å². The van der Waals surface area contributed by atoms with Crippen molar-refractivity contribution in [3.63, 3.8) is 0 Å². The summed E-state index contributed by atoms with van der Waals surface area (Å²) in [7, 11) is 1.32. The van der Waals surface area contributed by atoms with Gasteiger partial charge >= 0.3 is 6.09 Å². The summed E-state index contributed by atoms with van der Waals surface area (Å²) in [6.45, 7) is 1.20. The summed E-state index contributed by atoms with van der Waals surface area (Å²) in [5.74, 6) is -0.367. The van der Waals surface area contributed by atoms with Crippen molar-refractivity contribution in [3.05, 3.63) is 29.6 Å². The van der Waals surface area contributed by atoms with Gasteiger partial charge in [-0.25, -0.2) is 9.18 Å². The molecule has 1 aliphatic rings. The fraction of sp³-hybridized carbons (Fsp3) is 0.385. The monoisotopic (exact) mass is 297 g/mol. The number of carbonyl (C=O) groups excluding carboxylic acids is 1. The van der Waals surface area contributed by atoms with Gasteiger partial charge < -0.3 is 20.7 Å². The Morgan fingerprint density at radius 2 is 2.35 bits per heavy atom. The van der Waals surface area contributed by atoms with Gasteiger partial charge in [-0.1, -0.05) is 12.2 Å². The van der Waals surface area contributed by atoms with Crippen molar-refractivity contribution in [2.75, 3.05) is 25.1 Å². The van der Waals surface area contributed by atoms with Crippen LogP contribution in [0.5, 0.6) is 0 Å². The highest BCUT2D eigenvalue weighted by molar-refractivity contribution is 7.80. The van der Waals surface area contributed by atoms with Gasteiger partial charge in [0.05, 0.1) is 18.8 Å². The zero-order chi connectivity index (χ0) is 14.7. The Bertz CT molecular complexity index is 538. The van der Waals surface area contributed by atoms with Crippen LogP contribution in [0.4, 0.5) is 14.9 Å². The van der Waals surface area contributed by atoms with E-state index in [0.717, 1.165) is 6.42 Å². The first-order valence-corrected chi connectivity index (χ1v) is 6.61. The molecule has 1 fully saturated rings. The number of hydrogen-bond acceptors (Lipinski definition) is 4. The van der Waals surface area contributed by atoms with Gasteiger partial charge in [0.15, 0.2) is 0 Å². The van der Waals surface area contributed by atoms with Crippen LogP contribution in [0, 0.1) is 5.82 Å². The number of amides is 1. The molecule has 3 N–H and O–H groups in total. The Balaban J connectivity index is 2.06. The summed E-state index contributed by atoms with van der Waals surface area (Å²) in [6.07, 6.45) is 0.271. The number of nitrogens with zero attached hydrogens (tertiary/aromatic N) is 1. The van der Waals surface area contributed by atoms with Crippen LogP contribution < -0.4 is 16.0 Å². The molecule has 1 atom stereocenters. The van der Waals surface area contributed by atoms with E-state index < -0.39 is 6.09 Å². The first-order valence-electron chi connectivity index (χ1n) is 6.20. The average molecular weight is 297 g/mol. The normalized spacial score (nSPS) is 17.9. The summed E-state index contributed by atoms with van der Waals surface area (Å²) in [5, 5.41) is 2.71. The molecule has 7 heteroatoms. The van der Waals surface area contributed by atoms with Crippen molar-refractivity contribution in [3.8, 4) is 0 Å². The minimum atomic E-state index is -0.471. The molecule has 1 aromatic carbocycles. The Morgan fingerprint density at radius 1 is 1.60 bits per heavy atom. The van der Waals surface area contributed by atoms with Crippen molar-refractivity contribution >= 4 is 29.0 Å². The molecule has 0 aromatic heterocycles. The maximum Gasteiger partial charge on any atom is 0.407 e. The Kier molecular flexibility index (Phi) is 4.39. The maximum atomic E-state index is 14.0. The minimum Gasteiger partial charge on any atom is -0.453 e. The molecule has 1 heterocycles. The highest BCUT2D eigenvalue weighted by atomic mass is 32.1. The lowest BCUT2D eigenvalue weighted by Gasteiger charge is -2.20. The first kappa shape index (κ1) is 14.5. The number of carbonyl (C=O) groups is 1. The van der Waals surface area contributed by atoms with E-state index in [0.29, 0.717) is 24.3 Å². The molecule has 1 unspecified atom stereocenters. The number of anilines is 1. The molecule has 0 saturated carbocycles. The molecule has 20 heavy (non-hydrogen) atoms. The molecular formula is C13H16FN3O2S. The zero-order valence-electron chi connectivity index (χ0n) is 11.1. The third-order valence-corrected chi connectivity index (χ3v) is 3.50. The third kappa shape index (κ3) is 3.16. The van der Waals surface area contributed by atoms with Gasteiger partial charge in [-0.05, 0) is 24.6 Å². The van der Waals surface area contributed by atoms with E-state index in [1.54, 1.807) is 12.1 Å². The number of alkyl carbamates (subject to hydrolysis) is 1. The van der Waals surface area contributed by atoms with Crippen LogP contribution in [0.3, 0.4) is 0 Å². The molecular weight excluding hydrogens is 281 g/mol. The van der Waals surface area contributed by atoms with E-state index in [1.807, 2.05) is 4.90 Å². The van der Waals surface area contributed by atoms with Crippen LogP contribution >= 0.6 is 12.2 Å². The van der Waals surface area contributed by atoms with Crippen molar-refractivity contribution in [1.29, 1.82) is 0 Å². The lowest BCUT2D eigenvalue weighted by atomic mass is 10.2. The van der Waals surface area contributed by atoms with Crippen molar-refractivity contribution < 1.29 is 13.9 Å². The van der Waals surface area contributed by atoms with E-state index in [4.69, 9.17) is 18.0 Å². The summed E-state index contributed by atoms with van der Waals surface area (Å²) >= 11 is 4.82. The number of nitrogens with two attached hydrogens (primary N) is 1. The topological polar surface area (TPSA) is 67.6 Å². The van der Waals surface area contributed by atoms with E-state index >= 15 is 0 Å². The highest BCUT2D eigenvalue weighted by Crippen LogP contribution is 2.24. The molecule has 1 saturated heterocycles. The van der Waals surface area contributed by atoms with Crippen molar-refractivity contribution in [2.24, 2.45) is 5.73 Å². The van der Waals surface area contributed by atoms with Crippen LogP contribution in [0.1, 0.15) is 12.0 Å². The predicted octanol–water partition coefficient (Wildman–Crippen LogP) is 1.39. The number of ether oxygens (including phenoxy) is 1. The number of rotatable bonds is 3. The molecule has 1 aromatic rings. The third-order valence-electron chi connectivity index (χ3n) is 3.27. The quantitative estimate of drug-likeness (QED) is 0.825. The van der Waals surface area contributed by atoms with Crippen LogP contribution in [0.15, 0.2) is 18.2 Å². The van der Waals surface area contributed by atoms with Gasteiger partial charge in [0, 0.05) is 18.7 Å². The molecule has 0 radical (unpaired) electrons. The lowest BCUT2D eigenvalue weighted by molar-refractivity contribution is 0.167. The highest BCUT2D eigenvalue weighted by Gasteiger charge is 2.26. The van der Waals surface area contributed by atoms with E-state index in [-0.39, 0.29) is 16.8 Å². The number of halogens is 1. The average Bonchev–Trinajstić information content (AvgIpc) is 2.86. The van der Waals surface area contributed by atoms with Crippen LogP contribution in [0.2, 0.25) is 0 Å². The van der Waals surface area contributed by atoms with E-state index in [1.165, 1.54) is 13.2 Å².